The standard InChI is InChI=1S/C17H30N6O/c1-14-4-6-22(12-16(14)23-7-5-19-13-23)17(18-2)20-10-15-11-21(3)8-9-24-15/h5,7,13-16H,4,6,8-12H2,1-3H3,(H,18,20). The SMILES string of the molecule is CN=C(NCC1CN(C)CCO1)N1CCC(C)C(n2ccnc2)C1. The van der Waals surface area contributed by atoms with Crippen LogP contribution >= 0.6 is 0 Å². The van der Waals surface area contributed by atoms with Crippen LogP contribution in [0.15, 0.2) is 23.7 Å². The minimum Gasteiger partial charge on any atom is -0.374 e. The van der Waals surface area contributed by atoms with E-state index in [1.165, 1.54) is 0 Å². The summed E-state index contributed by atoms with van der Waals surface area (Å²) >= 11 is 0. The van der Waals surface area contributed by atoms with Crippen molar-refractivity contribution in [3.8, 4) is 0 Å². The van der Waals surface area contributed by atoms with Crippen molar-refractivity contribution in [2.75, 3.05) is 53.4 Å². The molecule has 7 nitrogen and oxygen atoms in total. The van der Waals surface area contributed by atoms with E-state index in [9.17, 15) is 0 Å². The van der Waals surface area contributed by atoms with Crippen molar-refractivity contribution in [3.05, 3.63) is 18.7 Å². The van der Waals surface area contributed by atoms with E-state index in [0.717, 1.165) is 51.7 Å². The summed E-state index contributed by atoms with van der Waals surface area (Å²) in [6.07, 6.45) is 7.23. The highest BCUT2D eigenvalue weighted by molar-refractivity contribution is 5.80. The number of piperidine rings is 1. The number of likely N-dealkylation sites (N-methyl/N-ethyl adjacent to an activating group) is 1. The normalized spacial score (nSPS) is 29.7. The van der Waals surface area contributed by atoms with Gasteiger partial charge in [-0.25, -0.2) is 4.98 Å². The molecule has 134 valence electrons. The first-order chi connectivity index (χ1) is 11.7. The lowest BCUT2D eigenvalue weighted by Crippen LogP contribution is -2.52. The second-order valence-corrected chi connectivity index (χ2v) is 6.97. The molecule has 24 heavy (non-hydrogen) atoms. The minimum atomic E-state index is 0.230. The number of nitrogens with one attached hydrogen (secondary N) is 1. The summed E-state index contributed by atoms with van der Waals surface area (Å²) in [4.78, 5) is 13.4. The number of hydrogen-bond donors (Lipinski definition) is 1. The third-order valence-electron chi connectivity index (χ3n) is 5.17. The lowest BCUT2D eigenvalue weighted by Gasteiger charge is -2.39. The van der Waals surface area contributed by atoms with Gasteiger partial charge < -0.3 is 24.4 Å². The van der Waals surface area contributed by atoms with E-state index in [1.807, 2.05) is 19.6 Å². The summed E-state index contributed by atoms with van der Waals surface area (Å²) < 4.78 is 8.06. The van der Waals surface area contributed by atoms with Gasteiger partial charge in [-0.2, -0.15) is 0 Å². The predicted molar refractivity (Wildman–Crippen MR) is 95.2 cm³/mol. The number of nitrogens with zero attached hydrogens (tertiary/aromatic N) is 5. The maximum absolute atomic E-state index is 5.84. The molecule has 7 heteroatoms. The van der Waals surface area contributed by atoms with E-state index in [2.05, 4.69) is 49.8 Å². The van der Waals surface area contributed by atoms with Gasteiger partial charge >= 0.3 is 0 Å². The third kappa shape index (κ3) is 4.08. The maximum Gasteiger partial charge on any atom is 0.193 e. The van der Waals surface area contributed by atoms with Crippen molar-refractivity contribution in [1.82, 2.24) is 24.7 Å². The Balaban J connectivity index is 1.57. The molecule has 0 aromatic carbocycles. The monoisotopic (exact) mass is 334 g/mol. The van der Waals surface area contributed by atoms with Gasteiger partial charge in [0.15, 0.2) is 5.96 Å². The highest BCUT2D eigenvalue weighted by atomic mass is 16.5. The van der Waals surface area contributed by atoms with Crippen molar-refractivity contribution in [1.29, 1.82) is 0 Å². The maximum atomic E-state index is 5.84. The van der Waals surface area contributed by atoms with Crippen molar-refractivity contribution in [2.45, 2.75) is 25.5 Å². The third-order valence-corrected chi connectivity index (χ3v) is 5.17. The Bertz CT molecular complexity index is 531. The molecule has 0 spiro atoms. The first-order valence-electron chi connectivity index (χ1n) is 8.90. The van der Waals surface area contributed by atoms with Crippen molar-refractivity contribution in [2.24, 2.45) is 10.9 Å². The molecule has 2 aliphatic rings. The highest BCUT2D eigenvalue weighted by Crippen LogP contribution is 2.27. The smallest absolute Gasteiger partial charge is 0.193 e. The number of morpholine rings is 1. The van der Waals surface area contributed by atoms with Gasteiger partial charge in [0, 0.05) is 52.2 Å². The Kier molecular flexibility index (Phi) is 5.73. The van der Waals surface area contributed by atoms with Crippen LogP contribution in [0, 0.1) is 5.92 Å². The molecule has 2 saturated heterocycles. The second-order valence-electron chi connectivity index (χ2n) is 6.97. The zero-order chi connectivity index (χ0) is 16.9. The Morgan fingerprint density at radius 3 is 2.96 bits per heavy atom. The number of aliphatic imine (C=N–C) groups is 1. The number of hydrogen-bond acceptors (Lipinski definition) is 4. The molecule has 0 saturated carbocycles. The first-order valence-corrected chi connectivity index (χ1v) is 8.90. The average Bonchev–Trinajstić information content (AvgIpc) is 3.11. The molecule has 0 radical (unpaired) electrons. The molecule has 3 unspecified atom stereocenters. The Morgan fingerprint density at radius 2 is 2.25 bits per heavy atom. The lowest BCUT2D eigenvalue weighted by molar-refractivity contribution is -0.0164. The van der Waals surface area contributed by atoms with Crippen LogP contribution in [-0.2, 0) is 4.74 Å². The molecule has 2 aliphatic heterocycles. The van der Waals surface area contributed by atoms with E-state index in [4.69, 9.17) is 4.74 Å². The average molecular weight is 334 g/mol. The van der Waals surface area contributed by atoms with Crippen LogP contribution in [0.4, 0.5) is 0 Å². The Labute approximate surface area is 144 Å². The molecule has 0 amide bonds. The van der Waals surface area contributed by atoms with Gasteiger partial charge in [-0.1, -0.05) is 6.92 Å². The fraction of sp³-hybridized carbons (Fsp3) is 0.765. The van der Waals surface area contributed by atoms with Crippen LogP contribution in [0.5, 0.6) is 0 Å². The summed E-state index contributed by atoms with van der Waals surface area (Å²) in [7, 11) is 4.01. The van der Waals surface area contributed by atoms with Gasteiger partial charge in [-0.05, 0) is 19.4 Å². The van der Waals surface area contributed by atoms with E-state index < -0.39 is 0 Å². The van der Waals surface area contributed by atoms with E-state index in [1.54, 1.807) is 0 Å². The molecule has 0 aliphatic carbocycles. The van der Waals surface area contributed by atoms with Crippen LogP contribution in [0.1, 0.15) is 19.4 Å². The molecule has 0 bridgehead atoms. The quantitative estimate of drug-likeness (QED) is 0.650. The first kappa shape index (κ1) is 17.2. The van der Waals surface area contributed by atoms with E-state index >= 15 is 0 Å². The van der Waals surface area contributed by atoms with Gasteiger partial charge in [-0.3, -0.25) is 4.99 Å². The number of rotatable bonds is 3. The van der Waals surface area contributed by atoms with Gasteiger partial charge in [0.25, 0.3) is 0 Å². The zero-order valence-electron chi connectivity index (χ0n) is 15.1. The van der Waals surface area contributed by atoms with Gasteiger partial charge in [0.1, 0.15) is 0 Å². The second kappa shape index (κ2) is 7.98. The number of guanidine groups is 1. The summed E-state index contributed by atoms with van der Waals surface area (Å²) in [5, 5.41) is 3.51. The van der Waals surface area contributed by atoms with Crippen LogP contribution < -0.4 is 5.32 Å². The fourth-order valence-corrected chi connectivity index (χ4v) is 3.62. The molecule has 1 aromatic rings. The van der Waals surface area contributed by atoms with Crippen LogP contribution in [0.3, 0.4) is 0 Å². The van der Waals surface area contributed by atoms with Gasteiger partial charge in [0.05, 0.1) is 25.1 Å². The molecular formula is C17H30N6O. The molecule has 1 aromatic heterocycles. The number of likely N-dealkylation sites (tertiary alicyclic amines) is 1. The molecule has 3 heterocycles. The molecule has 3 atom stereocenters. The minimum absolute atomic E-state index is 0.230. The molecule has 3 rings (SSSR count). The number of ether oxygens (including phenoxy) is 1. The number of imidazole rings is 1. The molecule has 1 N–H and O–H groups in total. The highest BCUT2D eigenvalue weighted by Gasteiger charge is 2.29. The summed E-state index contributed by atoms with van der Waals surface area (Å²) in [5.74, 6) is 1.62. The lowest BCUT2D eigenvalue weighted by atomic mass is 9.93. The van der Waals surface area contributed by atoms with Crippen molar-refractivity contribution >= 4 is 5.96 Å². The van der Waals surface area contributed by atoms with Crippen LogP contribution in [0.2, 0.25) is 0 Å². The van der Waals surface area contributed by atoms with Crippen LogP contribution in [-0.4, -0.2) is 84.8 Å². The fourth-order valence-electron chi connectivity index (χ4n) is 3.62. The largest absolute Gasteiger partial charge is 0.374 e. The summed E-state index contributed by atoms with van der Waals surface area (Å²) in [6, 6.07) is 0.442. The summed E-state index contributed by atoms with van der Waals surface area (Å²) in [6.45, 7) is 7.93. The van der Waals surface area contributed by atoms with Crippen molar-refractivity contribution < 1.29 is 4.74 Å². The van der Waals surface area contributed by atoms with E-state index in [-0.39, 0.29) is 6.10 Å². The predicted octanol–water partition coefficient (Wildman–Crippen LogP) is 0.672. The topological polar surface area (TPSA) is 57.9 Å². The Morgan fingerprint density at radius 1 is 1.38 bits per heavy atom. The van der Waals surface area contributed by atoms with Crippen molar-refractivity contribution in [3.63, 3.8) is 0 Å². The van der Waals surface area contributed by atoms with Gasteiger partial charge in [0.2, 0.25) is 0 Å². The Hall–Kier alpha value is -1.60. The number of aromatic nitrogens is 2. The van der Waals surface area contributed by atoms with E-state index in [0.29, 0.717) is 12.0 Å². The summed E-state index contributed by atoms with van der Waals surface area (Å²) in [5.41, 5.74) is 0. The van der Waals surface area contributed by atoms with Crippen LogP contribution in [0.25, 0.3) is 0 Å². The van der Waals surface area contributed by atoms with Gasteiger partial charge in [-0.15, -0.1) is 0 Å². The zero-order valence-corrected chi connectivity index (χ0v) is 15.1. The molecular weight excluding hydrogens is 304 g/mol. The molecule has 2 fully saturated rings.